The van der Waals surface area contributed by atoms with E-state index in [4.69, 9.17) is 16.0 Å². The van der Waals surface area contributed by atoms with Crippen molar-refractivity contribution in [1.29, 1.82) is 0 Å². The van der Waals surface area contributed by atoms with Crippen molar-refractivity contribution >= 4 is 28.9 Å². The number of aliphatic hydroxyl groups is 1. The minimum Gasteiger partial charge on any atom is -0.469 e. The highest BCUT2D eigenvalue weighted by atomic mass is 35.5. The van der Waals surface area contributed by atoms with Gasteiger partial charge in [-0.3, -0.25) is 4.99 Å². The molecule has 1 aliphatic rings. The van der Waals surface area contributed by atoms with Crippen molar-refractivity contribution in [2.75, 3.05) is 13.1 Å². The van der Waals surface area contributed by atoms with Crippen molar-refractivity contribution in [3.63, 3.8) is 0 Å². The molecule has 1 fully saturated rings. The second-order valence-electron chi connectivity index (χ2n) is 6.23. The van der Waals surface area contributed by atoms with Crippen molar-refractivity contribution < 1.29 is 9.52 Å². The van der Waals surface area contributed by atoms with E-state index in [0.29, 0.717) is 16.9 Å². The van der Waals surface area contributed by atoms with Crippen LogP contribution in [0.5, 0.6) is 0 Å². The number of aliphatic imine (C=N–C) groups is 1. The summed E-state index contributed by atoms with van der Waals surface area (Å²) < 4.78 is 6.04. The van der Waals surface area contributed by atoms with Gasteiger partial charge in [-0.15, -0.1) is 11.3 Å². The number of aliphatic hydroxyl groups excluding tert-OH is 1. The summed E-state index contributed by atoms with van der Waals surface area (Å²) in [4.78, 5) is 5.41. The van der Waals surface area contributed by atoms with E-state index in [2.05, 4.69) is 15.6 Å². The minimum atomic E-state index is -0.634. The van der Waals surface area contributed by atoms with Gasteiger partial charge in [-0.05, 0) is 37.1 Å². The molecule has 3 rings (SSSR count). The van der Waals surface area contributed by atoms with Crippen LogP contribution >= 0.6 is 22.9 Å². The lowest BCUT2D eigenvalue weighted by atomic mass is 10.2. The number of rotatable bonds is 7. The van der Waals surface area contributed by atoms with Crippen molar-refractivity contribution in [2.45, 2.75) is 44.2 Å². The third-order valence-corrected chi connectivity index (χ3v) is 5.62. The molecule has 2 aromatic rings. The molecule has 0 amide bonds. The van der Waals surface area contributed by atoms with E-state index < -0.39 is 6.10 Å². The zero-order chi connectivity index (χ0) is 17.5. The molecule has 1 aliphatic carbocycles. The fraction of sp³-hybridized carbons (Fsp3) is 0.500. The molecule has 0 radical (unpaired) electrons. The average molecular weight is 382 g/mol. The van der Waals surface area contributed by atoms with E-state index in [1.54, 1.807) is 12.3 Å². The minimum absolute atomic E-state index is 0.305. The highest BCUT2D eigenvalue weighted by Crippen LogP contribution is 2.27. The molecular formula is C18H24ClN3O2S. The molecule has 136 valence electrons. The van der Waals surface area contributed by atoms with Crippen LogP contribution in [0.3, 0.4) is 0 Å². The summed E-state index contributed by atoms with van der Waals surface area (Å²) in [5.74, 6) is 1.70. The number of hydrogen-bond acceptors (Lipinski definition) is 4. The van der Waals surface area contributed by atoms with Crippen LogP contribution in [0.2, 0.25) is 4.34 Å². The Balaban J connectivity index is 1.55. The first kappa shape index (κ1) is 18.3. The molecule has 0 spiro atoms. The molecule has 1 atom stereocenters. The van der Waals surface area contributed by atoms with Gasteiger partial charge < -0.3 is 20.2 Å². The number of hydrogen-bond donors (Lipinski definition) is 3. The Morgan fingerprint density at radius 2 is 2.20 bits per heavy atom. The molecular weight excluding hydrogens is 358 g/mol. The second kappa shape index (κ2) is 9.27. The molecule has 0 bridgehead atoms. The second-order valence-corrected chi connectivity index (χ2v) is 7.98. The number of guanidine groups is 1. The Kier molecular flexibility index (Phi) is 6.78. The highest BCUT2D eigenvalue weighted by Gasteiger charge is 2.17. The number of nitrogens with zero attached hydrogens (tertiary/aromatic N) is 1. The summed E-state index contributed by atoms with van der Waals surface area (Å²) in [7, 11) is 0. The van der Waals surface area contributed by atoms with Crippen LogP contribution in [-0.4, -0.2) is 30.2 Å². The summed E-state index contributed by atoms with van der Waals surface area (Å²) in [6.45, 7) is 1.03. The summed E-state index contributed by atoms with van der Waals surface area (Å²) in [5, 5.41) is 17.1. The highest BCUT2D eigenvalue weighted by molar-refractivity contribution is 7.16. The Hall–Kier alpha value is -1.50. The summed E-state index contributed by atoms with van der Waals surface area (Å²) in [6, 6.07) is 7.97. The SMILES string of the molecule is OC(CN=C(NCCc1ccco1)NC1CCCC1)c1ccc(Cl)s1. The van der Waals surface area contributed by atoms with Gasteiger partial charge in [0.2, 0.25) is 0 Å². The van der Waals surface area contributed by atoms with Gasteiger partial charge >= 0.3 is 0 Å². The van der Waals surface area contributed by atoms with Gasteiger partial charge in [-0.25, -0.2) is 0 Å². The zero-order valence-electron chi connectivity index (χ0n) is 14.1. The van der Waals surface area contributed by atoms with Gasteiger partial charge in [0.15, 0.2) is 5.96 Å². The quantitative estimate of drug-likeness (QED) is 0.504. The van der Waals surface area contributed by atoms with Gasteiger partial charge in [0.05, 0.1) is 17.1 Å². The zero-order valence-corrected chi connectivity index (χ0v) is 15.7. The lowest BCUT2D eigenvalue weighted by Crippen LogP contribution is -2.43. The Bertz CT molecular complexity index is 666. The normalized spacial score (nSPS) is 17.0. The van der Waals surface area contributed by atoms with Crippen LogP contribution in [0.25, 0.3) is 0 Å². The van der Waals surface area contributed by atoms with Gasteiger partial charge in [0.1, 0.15) is 11.9 Å². The average Bonchev–Trinajstić information content (AvgIpc) is 3.35. The first-order valence-electron chi connectivity index (χ1n) is 8.71. The number of thiophene rings is 1. The van der Waals surface area contributed by atoms with Crippen LogP contribution in [0, 0.1) is 0 Å². The lowest BCUT2D eigenvalue weighted by Gasteiger charge is -2.18. The standard InChI is InChI=1S/C18H24ClN3O2S/c19-17-8-7-16(25-17)15(23)12-21-18(22-13-4-1-2-5-13)20-10-9-14-6-3-11-24-14/h3,6-8,11,13,15,23H,1-2,4-5,9-10,12H2,(H2,20,21,22). The first-order chi connectivity index (χ1) is 12.2. The molecule has 1 unspecified atom stereocenters. The van der Waals surface area contributed by atoms with Gasteiger partial charge in [-0.2, -0.15) is 0 Å². The maximum absolute atomic E-state index is 10.3. The van der Waals surface area contributed by atoms with E-state index in [9.17, 15) is 5.11 Å². The topological polar surface area (TPSA) is 69.8 Å². The van der Waals surface area contributed by atoms with E-state index in [0.717, 1.165) is 29.6 Å². The lowest BCUT2D eigenvalue weighted by molar-refractivity contribution is 0.191. The molecule has 1 saturated carbocycles. The van der Waals surface area contributed by atoms with Crippen LogP contribution in [0.1, 0.15) is 42.4 Å². The largest absolute Gasteiger partial charge is 0.469 e. The molecule has 0 aromatic carbocycles. The van der Waals surface area contributed by atoms with Crippen molar-refractivity contribution in [3.8, 4) is 0 Å². The maximum atomic E-state index is 10.3. The molecule has 7 heteroatoms. The smallest absolute Gasteiger partial charge is 0.191 e. The molecule has 0 aliphatic heterocycles. The van der Waals surface area contributed by atoms with Gasteiger partial charge in [0, 0.05) is 23.9 Å². The van der Waals surface area contributed by atoms with Gasteiger partial charge in [-0.1, -0.05) is 24.4 Å². The number of nitrogens with one attached hydrogen (secondary N) is 2. The number of halogens is 1. The third kappa shape index (κ3) is 5.76. The fourth-order valence-corrected chi connectivity index (χ4v) is 3.99. The number of furan rings is 1. The van der Waals surface area contributed by atoms with Gasteiger partial charge in [0.25, 0.3) is 0 Å². The first-order valence-corrected chi connectivity index (χ1v) is 9.90. The van der Waals surface area contributed by atoms with Crippen LogP contribution < -0.4 is 10.6 Å². The molecule has 25 heavy (non-hydrogen) atoms. The molecule has 0 saturated heterocycles. The Morgan fingerprint density at radius 3 is 2.88 bits per heavy atom. The van der Waals surface area contributed by atoms with E-state index in [1.165, 1.54) is 37.0 Å². The molecule has 5 nitrogen and oxygen atoms in total. The third-order valence-electron chi connectivity index (χ3n) is 4.28. The van der Waals surface area contributed by atoms with Crippen LogP contribution in [-0.2, 0) is 6.42 Å². The monoisotopic (exact) mass is 381 g/mol. The van der Waals surface area contributed by atoms with E-state index in [-0.39, 0.29) is 0 Å². The molecule has 2 aromatic heterocycles. The summed E-state index contributed by atoms with van der Waals surface area (Å²) in [6.07, 6.45) is 6.70. The van der Waals surface area contributed by atoms with Crippen molar-refractivity contribution in [3.05, 3.63) is 45.5 Å². The predicted molar refractivity (Wildman–Crippen MR) is 102 cm³/mol. The van der Waals surface area contributed by atoms with Crippen molar-refractivity contribution in [1.82, 2.24) is 10.6 Å². The Morgan fingerprint density at radius 1 is 1.36 bits per heavy atom. The summed E-state index contributed by atoms with van der Waals surface area (Å²) in [5.41, 5.74) is 0. The van der Waals surface area contributed by atoms with Crippen LogP contribution in [0.15, 0.2) is 39.9 Å². The van der Waals surface area contributed by atoms with Crippen molar-refractivity contribution in [2.24, 2.45) is 4.99 Å². The summed E-state index contributed by atoms with van der Waals surface area (Å²) >= 11 is 7.33. The maximum Gasteiger partial charge on any atom is 0.191 e. The predicted octanol–water partition coefficient (Wildman–Crippen LogP) is 3.75. The molecule has 2 heterocycles. The molecule has 3 N–H and O–H groups in total. The van der Waals surface area contributed by atoms with Crippen LogP contribution in [0.4, 0.5) is 0 Å². The fourth-order valence-electron chi connectivity index (χ4n) is 2.95. The van der Waals surface area contributed by atoms with E-state index in [1.807, 2.05) is 18.2 Å². The Labute approximate surface area is 157 Å². The van der Waals surface area contributed by atoms with E-state index >= 15 is 0 Å².